The zero-order chi connectivity index (χ0) is 19.7. The van der Waals surface area contributed by atoms with Crippen molar-refractivity contribution in [2.45, 2.75) is 38.0 Å². The van der Waals surface area contributed by atoms with Gasteiger partial charge in [-0.25, -0.2) is 0 Å². The number of nitrogens with zero attached hydrogens (tertiary/aromatic N) is 1. The van der Waals surface area contributed by atoms with Crippen molar-refractivity contribution in [3.8, 4) is 0 Å². The van der Waals surface area contributed by atoms with Gasteiger partial charge in [-0.05, 0) is 68.4 Å². The van der Waals surface area contributed by atoms with Crippen LogP contribution in [0.1, 0.15) is 45.8 Å². The first-order valence-electron chi connectivity index (χ1n) is 9.88. The molecule has 6 heteroatoms. The third-order valence-electron chi connectivity index (χ3n) is 5.89. The number of carbonyl (C=O) groups is 2. The Hall–Kier alpha value is -1.85. The Morgan fingerprint density at radius 3 is 2.61 bits per heavy atom. The van der Waals surface area contributed by atoms with E-state index in [1.54, 1.807) is 11.3 Å². The average molecular weight is 417 g/mol. The van der Waals surface area contributed by atoms with Crippen LogP contribution in [0.15, 0.2) is 36.4 Å². The molecule has 4 nitrogen and oxygen atoms in total. The minimum atomic E-state index is -0.386. The van der Waals surface area contributed by atoms with Gasteiger partial charge in [0.05, 0.1) is 10.3 Å². The number of halogens is 1. The molecule has 2 fully saturated rings. The highest BCUT2D eigenvalue weighted by atomic mass is 35.5. The number of nitrogens with one attached hydrogen (secondary N) is 1. The predicted octanol–water partition coefficient (Wildman–Crippen LogP) is 4.41. The van der Waals surface area contributed by atoms with Gasteiger partial charge in [0.1, 0.15) is 0 Å². The predicted molar refractivity (Wildman–Crippen MR) is 113 cm³/mol. The van der Waals surface area contributed by atoms with Crippen molar-refractivity contribution in [2.24, 2.45) is 5.92 Å². The summed E-state index contributed by atoms with van der Waals surface area (Å²) in [5, 5.41) is 3.85. The molecule has 148 valence electrons. The molecule has 2 amide bonds. The molecule has 1 atom stereocenters. The molecule has 1 aliphatic carbocycles. The third-order valence-corrected chi connectivity index (χ3v) is 7.13. The van der Waals surface area contributed by atoms with E-state index in [0.29, 0.717) is 24.0 Å². The lowest BCUT2D eigenvalue weighted by atomic mass is 9.93. The summed E-state index contributed by atoms with van der Waals surface area (Å²) in [6.45, 7) is 4.16. The minimum absolute atomic E-state index is 0.104. The number of carbonyl (C=O) groups excluding carboxylic acids is 2. The largest absolute Gasteiger partial charge is 0.355 e. The van der Waals surface area contributed by atoms with Crippen molar-refractivity contribution < 1.29 is 9.59 Å². The van der Waals surface area contributed by atoms with Crippen LogP contribution < -0.4 is 5.32 Å². The summed E-state index contributed by atoms with van der Waals surface area (Å²) >= 11 is 7.53. The summed E-state index contributed by atoms with van der Waals surface area (Å²) in [6, 6.07) is 11.5. The molecule has 1 saturated heterocycles. The van der Waals surface area contributed by atoms with Crippen molar-refractivity contribution in [1.29, 1.82) is 0 Å². The van der Waals surface area contributed by atoms with E-state index < -0.39 is 0 Å². The van der Waals surface area contributed by atoms with Crippen LogP contribution in [0.3, 0.4) is 0 Å². The van der Waals surface area contributed by atoms with Crippen LogP contribution in [0, 0.1) is 12.8 Å². The maximum absolute atomic E-state index is 12.9. The molecular weight excluding hydrogens is 392 g/mol. The van der Waals surface area contributed by atoms with Gasteiger partial charge in [0.15, 0.2) is 0 Å². The molecule has 2 heterocycles. The van der Waals surface area contributed by atoms with Gasteiger partial charge in [-0.3, -0.25) is 9.59 Å². The second kappa shape index (κ2) is 7.88. The number of thiophene rings is 1. The van der Waals surface area contributed by atoms with E-state index in [1.165, 1.54) is 0 Å². The number of amides is 2. The van der Waals surface area contributed by atoms with Crippen LogP contribution >= 0.6 is 22.9 Å². The third kappa shape index (κ3) is 3.96. The Bertz CT molecular complexity index is 873. The first-order chi connectivity index (χ1) is 13.5. The maximum Gasteiger partial charge on any atom is 0.263 e. The molecule has 0 radical (unpaired) electrons. The molecule has 1 N–H and O–H groups in total. The fraction of sp³-hybridized carbons (Fsp3) is 0.455. The van der Waals surface area contributed by atoms with Gasteiger partial charge >= 0.3 is 0 Å². The highest BCUT2D eigenvalue weighted by Crippen LogP contribution is 2.48. The van der Waals surface area contributed by atoms with Crippen molar-refractivity contribution in [3.05, 3.63) is 56.7 Å². The minimum Gasteiger partial charge on any atom is -0.355 e. The summed E-state index contributed by atoms with van der Waals surface area (Å²) in [6.07, 6.45) is 3.79. The Labute approximate surface area is 174 Å². The second-order valence-electron chi connectivity index (χ2n) is 7.97. The van der Waals surface area contributed by atoms with Gasteiger partial charge < -0.3 is 10.2 Å². The van der Waals surface area contributed by atoms with Crippen LogP contribution in [-0.4, -0.2) is 36.3 Å². The standard InChI is InChI=1S/C22H25ClN2O2S/c1-15-4-9-19(28-15)20(26)25-12-2-3-16(14-25)13-24-21(27)22(10-11-22)17-5-7-18(23)8-6-17/h4-9,16H,2-3,10-14H2,1H3,(H,24,27). The second-order valence-corrected chi connectivity index (χ2v) is 9.69. The van der Waals surface area contributed by atoms with Crippen molar-refractivity contribution in [2.75, 3.05) is 19.6 Å². The van der Waals surface area contributed by atoms with E-state index >= 15 is 0 Å². The summed E-state index contributed by atoms with van der Waals surface area (Å²) in [5.74, 6) is 0.532. The molecule has 1 aromatic heterocycles. The highest BCUT2D eigenvalue weighted by Gasteiger charge is 2.51. The number of hydrogen-bond donors (Lipinski definition) is 1. The average Bonchev–Trinajstić information content (AvgIpc) is 3.41. The number of rotatable bonds is 5. The molecule has 4 rings (SSSR count). The van der Waals surface area contributed by atoms with E-state index in [9.17, 15) is 9.59 Å². The molecule has 28 heavy (non-hydrogen) atoms. The number of likely N-dealkylation sites (tertiary alicyclic amines) is 1. The summed E-state index contributed by atoms with van der Waals surface area (Å²) in [7, 11) is 0. The first kappa shape index (κ1) is 19.5. The quantitative estimate of drug-likeness (QED) is 0.784. The molecule has 0 spiro atoms. The summed E-state index contributed by atoms with van der Waals surface area (Å²) in [5.41, 5.74) is 0.659. The lowest BCUT2D eigenvalue weighted by molar-refractivity contribution is -0.123. The van der Waals surface area contributed by atoms with Gasteiger partial charge in [-0.1, -0.05) is 23.7 Å². The van der Waals surface area contributed by atoms with E-state index in [-0.39, 0.29) is 17.2 Å². The Kier molecular flexibility index (Phi) is 5.48. The van der Waals surface area contributed by atoms with Gasteiger partial charge in [0.25, 0.3) is 5.91 Å². The Morgan fingerprint density at radius 2 is 1.96 bits per heavy atom. The Balaban J connectivity index is 1.34. The van der Waals surface area contributed by atoms with Gasteiger partial charge in [-0.2, -0.15) is 0 Å². The van der Waals surface area contributed by atoms with E-state index in [0.717, 1.165) is 47.5 Å². The molecule has 0 bridgehead atoms. The molecule has 1 aliphatic heterocycles. The number of benzene rings is 1. The van der Waals surface area contributed by atoms with Gasteiger partial charge in [0, 0.05) is 29.5 Å². The van der Waals surface area contributed by atoms with Crippen molar-refractivity contribution in [3.63, 3.8) is 0 Å². The van der Waals surface area contributed by atoms with Crippen LogP contribution in [0.4, 0.5) is 0 Å². The molecule has 1 aromatic carbocycles. The number of hydrogen-bond acceptors (Lipinski definition) is 3. The van der Waals surface area contributed by atoms with Gasteiger partial charge in [0.2, 0.25) is 5.91 Å². The fourth-order valence-corrected chi connectivity index (χ4v) is 5.03. The Morgan fingerprint density at radius 1 is 1.21 bits per heavy atom. The maximum atomic E-state index is 12.9. The summed E-state index contributed by atoms with van der Waals surface area (Å²) < 4.78 is 0. The zero-order valence-electron chi connectivity index (χ0n) is 16.0. The number of aryl methyl sites for hydroxylation is 1. The topological polar surface area (TPSA) is 49.4 Å². The molecular formula is C22H25ClN2O2S. The van der Waals surface area contributed by atoms with Crippen LogP contribution in [-0.2, 0) is 10.2 Å². The van der Waals surface area contributed by atoms with Gasteiger partial charge in [-0.15, -0.1) is 11.3 Å². The van der Waals surface area contributed by atoms with Crippen molar-refractivity contribution >= 4 is 34.8 Å². The highest BCUT2D eigenvalue weighted by molar-refractivity contribution is 7.13. The van der Waals surface area contributed by atoms with Crippen LogP contribution in [0.25, 0.3) is 0 Å². The van der Waals surface area contributed by atoms with E-state index in [1.807, 2.05) is 48.2 Å². The lowest BCUT2D eigenvalue weighted by Gasteiger charge is -2.33. The summed E-state index contributed by atoms with van der Waals surface area (Å²) in [4.78, 5) is 29.5. The lowest BCUT2D eigenvalue weighted by Crippen LogP contribution is -2.45. The smallest absolute Gasteiger partial charge is 0.263 e. The molecule has 1 unspecified atom stereocenters. The van der Waals surface area contributed by atoms with E-state index in [4.69, 9.17) is 11.6 Å². The van der Waals surface area contributed by atoms with Crippen molar-refractivity contribution in [1.82, 2.24) is 10.2 Å². The van der Waals surface area contributed by atoms with E-state index in [2.05, 4.69) is 5.32 Å². The molecule has 2 aromatic rings. The van der Waals surface area contributed by atoms with Crippen LogP contribution in [0.5, 0.6) is 0 Å². The fourth-order valence-electron chi connectivity index (χ4n) is 4.07. The van der Waals surface area contributed by atoms with Crippen LogP contribution in [0.2, 0.25) is 5.02 Å². The number of piperidine rings is 1. The monoisotopic (exact) mass is 416 g/mol. The molecule has 2 aliphatic rings. The first-order valence-corrected chi connectivity index (χ1v) is 11.1. The molecule has 1 saturated carbocycles. The normalized spacial score (nSPS) is 20.6. The zero-order valence-corrected chi connectivity index (χ0v) is 17.6. The SMILES string of the molecule is Cc1ccc(C(=O)N2CCCC(CNC(=O)C3(c4ccc(Cl)cc4)CC3)C2)s1.